The van der Waals surface area contributed by atoms with Crippen LogP contribution in [0.3, 0.4) is 0 Å². The Labute approximate surface area is 124 Å². The second-order valence-electron chi connectivity index (χ2n) is 5.48. The minimum absolute atomic E-state index is 0.111. The maximum atomic E-state index is 12.4. The van der Waals surface area contributed by atoms with E-state index in [1.165, 1.54) is 12.1 Å². The van der Waals surface area contributed by atoms with E-state index in [9.17, 15) is 8.42 Å². The predicted molar refractivity (Wildman–Crippen MR) is 78.0 cm³/mol. The van der Waals surface area contributed by atoms with Gasteiger partial charge in [-0.15, -0.1) is 0 Å². The van der Waals surface area contributed by atoms with Crippen molar-refractivity contribution in [3.05, 3.63) is 18.2 Å². The van der Waals surface area contributed by atoms with Crippen molar-refractivity contribution >= 4 is 10.0 Å². The van der Waals surface area contributed by atoms with E-state index in [1.54, 1.807) is 6.07 Å². The molecule has 6 nitrogen and oxygen atoms in total. The summed E-state index contributed by atoms with van der Waals surface area (Å²) in [5, 5.41) is 0. The summed E-state index contributed by atoms with van der Waals surface area (Å²) in [4.78, 5) is 0.186. The molecule has 0 amide bonds. The van der Waals surface area contributed by atoms with Crippen molar-refractivity contribution in [3.63, 3.8) is 0 Å². The third kappa shape index (κ3) is 3.14. The van der Waals surface area contributed by atoms with Crippen LogP contribution in [0.2, 0.25) is 0 Å². The molecule has 116 valence electrons. The Morgan fingerprint density at radius 3 is 2.57 bits per heavy atom. The first-order valence-electron chi connectivity index (χ1n) is 7.24. The summed E-state index contributed by atoms with van der Waals surface area (Å²) >= 11 is 0. The molecule has 0 radical (unpaired) electrons. The van der Waals surface area contributed by atoms with Gasteiger partial charge in [0, 0.05) is 24.6 Å². The molecule has 2 unspecified atom stereocenters. The van der Waals surface area contributed by atoms with Crippen LogP contribution < -0.4 is 19.9 Å². The Morgan fingerprint density at radius 2 is 1.86 bits per heavy atom. The Bertz CT molecular complexity index is 617. The maximum Gasteiger partial charge on any atom is 0.241 e. The molecule has 0 spiro atoms. The summed E-state index contributed by atoms with van der Waals surface area (Å²) in [6, 6.07) is 4.40. The molecular formula is C14H20N2O4S. The van der Waals surface area contributed by atoms with E-state index in [4.69, 9.17) is 15.2 Å². The number of hydrogen-bond donors (Lipinski definition) is 2. The lowest BCUT2D eigenvalue weighted by molar-refractivity contribution is 0.297. The minimum Gasteiger partial charge on any atom is -0.490 e. The van der Waals surface area contributed by atoms with E-state index >= 15 is 0 Å². The van der Waals surface area contributed by atoms with Gasteiger partial charge in [-0.1, -0.05) is 6.42 Å². The van der Waals surface area contributed by atoms with E-state index in [0.717, 1.165) is 25.7 Å². The highest BCUT2D eigenvalue weighted by Crippen LogP contribution is 2.32. The molecular weight excluding hydrogens is 292 g/mol. The first kappa shape index (κ1) is 14.6. The van der Waals surface area contributed by atoms with Crippen molar-refractivity contribution in [2.45, 2.75) is 42.7 Å². The molecule has 1 saturated carbocycles. The van der Waals surface area contributed by atoms with Gasteiger partial charge in [-0.25, -0.2) is 13.1 Å². The van der Waals surface area contributed by atoms with Crippen molar-refractivity contribution in [3.8, 4) is 11.5 Å². The fraction of sp³-hybridized carbons (Fsp3) is 0.571. The van der Waals surface area contributed by atoms with E-state index in [0.29, 0.717) is 24.7 Å². The largest absolute Gasteiger partial charge is 0.490 e. The zero-order valence-corrected chi connectivity index (χ0v) is 12.6. The molecule has 1 aromatic carbocycles. The minimum atomic E-state index is -3.59. The topological polar surface area (TPSA) is 90.7 Å². The number of nitrogens with two attached hydrogens (primary N) is 1. The second kappa shape index (κ2) is 5.82. The van der Waals surface area contributed by atoms with E-state index < -0.39 is 10.0 Å². The van der Waals surface area contributed by atoms with Crippen LogP contribution >= 0.6 is 0 Å². The van der Waals surface area contributed by atoms with Crippen LogP contribution in [0.15, 0.2) is 23.1 Å². The fourth-order valence-electron chi connectivity index (χ4n) is 2.71. The molecule has 1 aromatic rings. The zero-order valence-electron chi connectivity index (χ0n) is 11.7. The molecule has 1 heterocycles. The van der Waals surface area contributed by atoms with Gasteiger partial charge in [-0.3, -0.25) is 0 Å². The fourth-order valence-corrected chi connectivity index (χ4v) is 4.05. The van der Waals surface area contributed by atoms with Gasteiger partial charge in [0.1, 0.15) is 0 Å². The first-order chi connectivity index (χ1) is 10.1. The summed E-state index contributed by atoms with van der Waals surface area (Å²) in [5.74, 6) is 1.06. The molecule has 0 aromatic heterocycles. The van der Waals surface area contributed by atoms with Gasteiger partial charge >= 0.3 is 0 Å². The van der Waals surface area contributed by atoms with E-state index in [1.807, 2.05) is 0 Å². The predicted octanol–water partition coefficient (Wildman–Crippen LogP) is 1.01. The van der Waals surface area contributed by atoms with Gasteiger partial charge < -0.3 is 15.2 Å². The molecule has 0 saturated heterocycles. The molecule has 2 atom stereocenters. The van der Waals surface area contributed by atoms with Gasteiger partial charge in [-0.2, -0.15) is 0 Å². The quantitative estimate of drug-likeness (QED) is 0.869. The summed E-state index contributed by atoms with van der Waals surface area (Å²) < 4.78 is 38.6. The molecule has 1 fully saturated rings. The molecule has 3 N–H and O–H groups in total. The third-order valence-corrected chi connectivity index (χ3v) is 5.39. The van der Waals surface area contributed by atoms with Gasteiger partial charge in [0.05, 0.1) is 18.1 Å². The lowest BCUT2D eigenvalue weighted by Gasteiger charge is -2.18. The van der Waals surface area contributed by atoms with Gasteiger partial charge in [0.2, 0.25) is 10.0 Å². The van der Waals surface area contributed by atoms with Crippen LogP contribution in [-0.4, -0.2) is 33.7 Å². The van der Waals surface area contributed by atoms with Crippen molar-refractivity contribution in [2.24, 2.45) is 5.73 Å². The lowest BCUT2D eigenvalue weighted by Crippen LogP contribution is -2.43. The number of benzene rings is 1. The summed E-state index contributed by atoms with van der Waals surface area (Å²) in [5.41, 5.74) is 5.92. The Kier molecular flexibility index (Phi) is 4.05. The summed E-state index contributed by atoms with van der Waals surface area (Å²) in [6.07, 6.45) is 3.38. The molecule has 3 rings (SSSR count). The average molecular weight is 312 g/mol. The highest BCUT2D eigenvalue weighted by atomic mass is 32.2. The van der Waals surface area contributed by atoms with Crippen LogP contribution in [0.1, 0.15) is 25.7 Å². The number of sulfonamides is 1. The van der Waals surface area contributed by atoms with Gasteiger partial charge in [-0.05, 0) is 25.0 Å². The molecule has 7 heteroatoms. The van der Waals surface area contributed by atoms with Crippen LogP contribution in [-0.2, 0) is 10.0 Å². The highest BCUT2D eigenvalue weighted by molar-refractivity contribution is 7.89. The number of rotatable bonds is 3. The van der Waals surface area contributed by atoms with Crippen LogP contribution in [0.25, 0.3) is 0 Å². The van der Waals surface area contributed by atoms with Crippen molar-refractivity contribution in [1.29, 1.82) is 0 Å². The summed E-state index contributed by atoms with van der Waals surface area (Å²) in [7, 11) is -3.59. The molecule has 1 aliphatic heterocycles. The van der Waals surface area contributed by atoms with E-state index in [-0.39, 0.29) is 17.0 Å². The molecule has 0 bridgehead atoms. The monoisotopic (exact) mass is 312 g/mol. The van der Waals surface area contributed by atoms with Crippen molar-refractivity contribution < 1.29 is 17.9 Å². The Hall–Kier alpha value is -1.31. The molecule has 2 aliphatic rings. The Balaban J connectivity index is 1.83. The Morgan fingerprint density at radius 1 is 1.10 bits per heavy atom. The van der Waals surface area contributed by atoms with Crippen LogP contribution in [0.4, 0.5) is 0 Å². The molecule has 1 aliphatic carbocycles. The molecule has 21 heavy (non-hydrogen) atoms. The number of hydrogen-bond acceptors (Lipinski definition) is 5. The van der Waals surface area contributed by atoms with Crippen LogP contribution in [0.5, 0.6) is 11.5 Å². The standard InChI is InChI=1S/C14H20N2O4S/c15-11-3-1-4-12(11)16-21(17,18)10-5-6-13-14(9-10)20-8-2-7-19-13/h5-6,9,11-12,16H,1-4,7-8,15H2. The zero-order chi connectivity index (χ0) is 14.9. The van der Waals surface area contributed by atoms with Crippen molar-refractivity contribution in [2.75, 3.05) is 13.2 Å². The van der Waals surface area contributed by atoms with Gasteiger partial charge in [0.15, 0.2) is 11.5 Å². The average Bonchev–Trinajstić information content (AvgIpc) is 2.73. The number of ether oxygens (including phenoxy) is 2. The normalized spacial score (nSPS) is 25.6. The first-order valence-corrected chi connectivity index (χ1v) is 8.72. The third-order valence-electron chi connectivity index (χ3n) is 3.91. The number of nitrogens with one attached hydrogen (secondary N) is 1. The summed E-state index contributed by atoms with van der Waals surface area (Å²) in [6.45, 7) is 1.10. The number of fused-ring (bicyclic) bond motifs is 1. The lowest BCUT2D eigenvalue weighted by atomic mass is 10.2. The highest BCUT2D eigenvalue weighted by Gasteiger charge is 2.29. The maximum absolute atomic E-state index is 12.4. The van der Waals surface area contributed by atoms with Crippen LogP contribution in [0, 0.1) is 0 Å². The van der Waals surface area contributed by atoms with E-state index in [2.05, 4.69) is 4.72 Å². The smallest absolute Gasteiger partial charge is 0.241 e. The van der Waals surface area contributed by atoms with Gasteiger partial charge in [0.25, 0.3) is 0 Å². The SMILES string of the molecule is NC1CCCC1NS(=O)(=O)c1ccc2c(c1)OCCCO2. The van der Waals surface area contributed by atoms with Crippen molar-refractivity contribution in [1.82, 2.24) is 4.72 Å². The second-order valence-corrected chi connectivity index (χ2v) is 7.20.